The maximum absolute atomic E-state index is 13.1. The molecule has 7 N–H and O–H groups in total. The van der Waals surface area contributed by atoms with Gasteiger partial charge in [0.1, 0.15) is 41.9 Å². The van der Waals surface area contributed by atoms with Gasteiger partial charge in [-0.1, -0.05) is 11.3 Å². The van der Waals surface area contributed by atoms with Crippen molar-refractivity contribution in [2.24, 2.45) is 5.92 Å². The van der Waals surface area contributed by atoms with E-state index >= 15 is 0 Å². The number of fused-ring (bicyclic) bond motifs is 5. The van der Waals surface area contributed by atoms with E-state index in [0.29, 0.717) is 27.9 Å². The Morgan fingerprint density at radius 1 is 0.909 bits per heavy atom. The molecule has 3 aliphatic rings. The van der Waals surface area contributed by atoms with Crippen molar-refractivity contribution in [2.75, 3.05) is 31.3 Å². The van der Waals surface area contributed by atoms with Crippen molar-refractivity contribution >= 4 is 49.3 Å². The number of imidazole rings is 1. The van der Waals surface area contributed by atoms with E-state index in [1.54, 1.807) is 18.2 Å². The van der Waals surface area contributed by atoms with Gasteiger partial charge in [0.25, 0.3) is 0 Å². The second kappa shape index (κ2) is 11.0. The molecule has 0 aliphatic carbocycles. The Hall–Kier alpha value is -3.13. The molecule has 3 aromatic heterocycles. The highest BCUT2D eigenvalue weighted by Crippen LogP contribution is 2.52. The van der Waals surface area contributed by atoms with E-state index in [-0.39, 0.29) is 12.2 Å². The molecule has 0 saturated carbocycles. The van der Waals surface area contributed by atoms with Crippen LogP contribution in [0.1, 0.15) is 18.9 Å². The van der Waals surface area contributed by atoms with Crippen molar-refractivity contribution in [2.45, 2.75) is 43.3 Å². The molecule has 9 atom stereocenters. The first-order chi connectivity index (χ1) is 21.0. The number of aliphatic hydroxyl groups is 1. The second-order valence-electron chi connectivity index (χ2n) is 10.4. The van der Waals surface area contributed by atoms with Crippen LogP contribution in [0.5, 0.6) is 0 Å². The van der Waals surface area contributed by atoms with Gasteiger partial charge in [-0.25, -0.2) is 28.8 Å². The van der Waals surface area contributed by atoms with Crippen LogP contribution in [0, 0.1) is 5.92 Å². The zero-order valence-corrected chi connectivity index (χ0v) is 24.3. The van der Waals surface area contributed by atoms with E-state index < -0.39 is 78.3 Å². The first-order valence-electron chi connectivity index (χ1n) is 13.3. The van der Waals surface area contributed by atoms with Gasteiger partial charge in [-0.2, -0.15) is 0 Å². The molecular weight excluding hydrogens is 628 g/mol. The fraction of sp³-hybridized carbons (Fsp3) is 0.500. The minimum Gasteiger partial charge on any atom is -0.397 e. The Labute approximate surface area is 247 Å². The quantitative estimate of drug-likeness (QED) is 0.143. The summed E-state index contributed by atoms with van der Waals surface area (Å²) in [4.78, 5) is 33.4. The molecule has 0 amide bonds. The van der Waals surface area contributed by atoms with E-state index in [4.69, 9.17) is 39.0 Å². The van der Waals surface area contributed by atoms with Gasteiger partial charge in [0.05, 0.1) is 49.4 Å². The van der Waals surface area contributed by atoms with Crippen LogP contribution < -0.4 is 11.5 Å². The van der Waals surface area contributed by atoms with Crippen LogP contribution in [0.4, 0.5) is 11.5 Å². The first kappa shape index (κ1) is 29.6. The predicted octanol–water partition coefficient (Wildman–Crippen LogP) is 0.247. The van der Waals surface area contributed by atoms with Crippen LogP contribution in [0.2, 0.25) is 0 Å². The maximum atomic E-state index is 13.1. The van der Waals surface area contributed by atoms with Crippen LogP contribution in [0.25, 0.3) is 22.2 Å². The molecule has 44 heavy (non-hydrogen) atoms. The van der Waals surface area contributed by atoms with Crippen LogP contribution in [0.3, 0.4) is 0 Å². The number of anilines is 2. The second-order valence-corrected chi connectivity index (χ2v) is 13.2. The normalized spacial score (nSPS) is 36.8. The summed E-state index contributed by atoms with van der Waals surface area (Å²) in [6, 6.07) is 4.97. The zero-order valence-electron chi connectivity index (χ0n) is 22.5. The molecule has 22 heteroatoms. The fourth-order valence-corrected chi connectivity index (χ4v) is 7.23. The lowest BCUT2D eigenvalue weighted by Gasteiger charge is -2.25. The summed E-state index contributed by atoms with van der Waals surface area (Å²) in [5.41, 5.74) is 13.7. The molecule has 3 saturated heterocycles. The minimum absolute atomic E-state index is 0.0386. The smallest absolute Gasteiger partial charge is 0.397 e. The van der Waals surface area contributed by atoms with Crippen LogP contribution >= 0.6 is 15.6 Å². The molecule has 236 valence electrons. The predicted molar refractivity (Wildman–Crippen MR) is 146 cm³/mol. The molecule has 0 spiro atoms. The highest BCUT2D eigenvalue weighted by molar-refractivity contribution is 7.47. The van der Waals surface area contributed by atoms with E-state index in [2.05, 4.69) is 25.3 Å². The third kappa shape index (κ3) is 5.37. The lowest BCUT2D eigenvalue weighted by Crippen LogP contribution is -2.34. The van der Waals surface area contributed by atoms with E-state index in [0.717, 1.165) is 0 Å². The summed E-state index contributed by atoms with van der Waals surface area (Å²) in [7, 11) is -9.59. The third-order valence-electron chi connectivity index (χ3n) is 7.66. The number of rotatable bonds is 2. The summed E-state index contributed by atoms with van der Waals surface area (Å²) in [5.74, 6) is -0.886. The van der Waals surface area contributed by atoms with Crippen LogP contribution in [0.15, 0.2) is 30.9 Å². The minimum atomic E-state index is -4.82. The monoisotopic (exact) mass is 655 g/mol. The standard InChI is InChI=1S/C22H27N9O11P2/c23-11-2-1-3-12-17(11)28-29-31(12)22-10-5-37-43(33,34)38-6-14-13(42-44(35,36)39-7-15(41-22)19(10)32)4-16(40-14)30-9-27-18-20(24)25-8-26-21(18)30/h1-3,8-10,13-16,19,22,32H,4-7,23H2,(H,33,34)(H,35,36)(H2,24,25,26)/t10-,13+,14-,15-,16-,19+,22-/m1/s1. The Morgan fingerprint density at radius 3 is 2.52 bits per heavy atom. The molecule has 2 unspecified atom stereocenters. The molecule has 7 rings (SSSR count). The van der Waals surface area contributed by atoms with Gasteiger partial charge in [-0.3, -0.25) is 22.7 Å². The van der Waals surface area contributed by atoms with Crippen LogP contribution in [-0.2, 0) is 36.7 Å². The largest absolute Gasteiger partial charge is 0.472 e. The lowest BCUT2D eigenvalue weighted by atomic mass is 10.0. The van der Waals surface area contributed by atoms with Crippen molar-refractivity contribution < 1.29 is 51.6 Å². The average Bonchev–Trinajstić information content (AvgIpc) is 3.74. The number of aromatic nitrogens is 7. The van der Waals surface area contributed by atoms with Crippen molar-refractivity contribution in [1.82, 2.24) is 34.5 Å². The van der Waals surface area contributed by atoms with Crippen molar-refractivity contribution in [3.05, 3.63) is 30.9 Å². The lowest BCUT2D eigenvalue weighted by molar-refractivity contribution is -0.0568. The number of nitrogen functional groups attached to an aromatic ring is 2. The summed E-state index contributed by atoms with van der Waals surface area (Å²) in [6.45, 7) is -1.71. The Bertz CT molecular complexity index is 1810. The summed E-state index contributed by atoms with van der Waals surface area (Å²) >= 11 is 0. The molecular formula is C22H27N9O11P2. The number of nitrogens with two attached hydrogens (primary N) is 2. The number of hydrogen-bond acceptors (Lipinski definition) is 16. The van der Waals surface area contributed by atoms with Crippen molar-refractivity contribution in [3.63, 3.8) is 0 Å². The van der Waals surface area contributed by atoms with Gasteiger partial charge in [-0.15, -0.1) is 5.10 Å². The fourth-order valence-electron chi connectivity index (χ4n) is 5.50. The number of hydrogen-bond donors (Lipinski definition) is 5. The molecule has 6 heterocycles. The molecule has 3 fully saturated rings. The third-order valence-corrected chi connectivity index (χ3v) is 9.62. The highest BCUT2D eigenvalue weighted by Gasteiger charge is 2.49. The van der Waals surface area contributed by atoms with Gasteiger partial charge in [-0.05, 0) is 12.1 Å². The Kier molecular flexibility index (Phi) is 7.42. The van der Waals surface area contributed by atoms with E-state index in [1.807, 2.05) is 0 Å². The van der Waals surface area contributed by atoms with Gasteiger partial charge < -0.3 is 35.8 Å². The summed E-state index contributed by atoms with van der Waals surface area (Å²) in [6.07, 6.45) is -4.25. The number of aliphatic hydroxyl groups excluding tert-OH is 1. The Morgan fingerprint density at radius 2 is 1.68 bits per heavy atom. The molecule has 1 aromatic carbocycles. The number of ether oxygens (including phenoxy) is 2. The van der Waals surface area contributed by atoms with Gasteiger partial charge in [0.15, 0.2) is 17.7 Å². The SMILES string of the molecule is Nc1ncnc2c1ncn2[C@H]1C[C@@H]2OP(=O)(O)OC[C@H]3O[C@@H](n4nnc5c(N)cccc54)[C@H](COP(=O)(O)OC[C@H]2O1)[C@@H]3O. The summed E-state index contributed by atoms with van der Waals surface area (Å²) < 4.78 is 62.1. The molecule has 20 nitrogen and oxygen atoms in total. The van der Waals surface area contributed by atoms with E-state index in [1.165, 1.54) is 21.9 Å². The van der Waals surface area contributed by atoms with Crippen molar-refractivity contribution in [3.8, 4) is 0 Å². The zero-order chi connectivity index (χ0) is 30.8. The van der Waals surface area contributed by atoms with Gasteiger partial charge in [0, 0.05) is 6.42 Å². The number of phosphoric acid groups is 2. The van der Waals surface area contributed by atoms with Crippen molar-refractivity contribution in [1.29, 1.82) is 0 Å². The molecule has 2 bridgehead atoms. The first-order valence-corrected chi connectivity index (χ1v) is 16.3. The average molecular weight is 655 g/mol. The number of nitrogens with zero attached hydrogens (tertiary/aromatic N) is 7. The molecule has 0 radical (unpaired) electrons. The Balaban J connectivity index is 1.15. The molecule has 4 aromatic rings. The topological polar surface area (TPSA) is 277 Å². The molecule has 3 aliphatic heterocycles. The maximum Gasteiger partial charge on any atom is 0.472 e. The van der Waals surface area contributed by atoms with Crippen LogP contribution in [-0.4, -0.2) is 93.6 Å². The number of benzene rings is 1. The van der Waals surface area contributed by atoms with Gasteiger partial charge in [0.2, 0.25) is 0 Å². The summed E-state index contributed by atoms with van der Waals surface area (Å²) in [5, 5.41) is 19.3. The van der Waals surface area contributed by atoms with Gasteiger partial charge >= 0.3 is 15.6 Å². The number of phosphoric ester groups is 2. The van der Waals surface area contributed by atoms with E-state index in [9.17, 15) is 24.0 Å². The highest BCUT2D eigenvalue weighted by atomic mass is 31.2.